The Morgan fingerprint density at radius 3 is 2.96 bits per heavy atom. The highest BCUT2D eigenvalue weighted by Crippen LogP contribution is 2.25. The van der Waals surface area contributed by atoms with Gasteiger partial charge in [-0.1, -0.05) is 0 Å². The van der Waals surface area contributed by atoms with Crippen LogP contribution in [0.2, 0.25) is 0 Å². The lowest BCUT2D eigenvalue weighted by atomic mass is 10.1. The fourth-order valence-corrected chi connectivity index (χ4v) is 2.52. The van der Waals surface area contributed by atoms with Crippen molar-refractivity contribution >= 4 is 11.6 Å². The summed E-state index contributed by atoms with van der Waals surface area (Å²) in [7, 11) is 0. The van der Waals surface area contributed by atoms with Crippen LogP contribution in [0.1, 0.15) is 17.3 Å². The van der Waals surface area contributed by atoms with E-state index in [1.807, 2.05) is 6.92 Å². The Morgan fingerprint density at radius 1 is 1.48 bits per heavy atom. The molecule has 1 aromatic carbocycles. The van der Waals surface area contributed by atoms with E-state index in [1.54, 1.807) is 11.0 Å². The molecule has 1 aliphatic rings. The molecule has 120 valence electrons. The van der Waals surface area contributed by atoms with E-state index in [9.17, 15) is 14.9 Å². The van der Waals surface area contributed by atoms with E-state index in [1.165, 1.54) is 29.5 Å². The second kappa shape index (κ2) is 6.13. The van der Waals surface area contributed by atoms with Crippen molar-refractivity contribution in [3.05, 3.63) is 46.5 Å². The van der Waals surface area contributed by atoms with Gasteiger partial charge in [-0.25, -0.2) is 9.67 Å². The quantitative estimate of drug-likeness (QED) is 0.619. The molecule has 1 saturated heterocycles. The molecule has 1 amide bonds. The van der Waals surface area contributed by atoms with Crippen molar-refractivity contribution in [2.24, 2.45) is 0 Å². The standard InChI is InChI=1S/C14H15N5O4/c1-10-7-23-5-4-17(10)14(20)11-2-3-12(13(6-11)19(21)22)18-9-15-8-16-18/h2-3,6,8-10H,4-5,7H2,1H3. The summed E-state index contributed by atoms with van der Waals surface area (Å²) in [4.78, 5) is 28.8. The number of aromatic nitrogens is 3. The van der Waals surface area contributed by atoms with Gasteiger partial charge in [0.1, 0.15) is 18.3 Å². The average molecular weight is 317 g/mol. The minimum atomic E-state index is -0.531. The van der Waals surface area contributed by atoms with Gasteiger partial charge < -0.3 is 9.64 Å². The minimum Gasteiger partial charge on any atom is -0.377 e. The summed E-state index contributed by atoms with van der Waals surface area (Å²) in [6, 6.07) is 4.28. The van der Waals surface area contributed by atoms with Crippen LogP contribution in [0.4, 0.5) is 5.69 Å². The Morgan fingerprint density at radius 2 is 2.30 bits per heavy atom. The maximum atomic E-state index is 12.6. The highest BCUT2D eigenvalue weighted by molar-refractivity contribution is 5.95. The normalized spacial score (nSPS) is 18.0. The number of carbonyl (C=O) groups excluding carboxylic acids is 1. The first-order chi connectivity index (χ1) is 11.1. The molecule has 2 heterocycles. The van der Waals surface area contributed by atoms with E-state index in [2.05, 4.69) is 10.1 Å². The van der Waals surface area contributed by atoms with Crippen molar-refractivity contribution in [3.63, 3.8) is 0 Å². The van der Waals surface area contributed by atoms with Crippen molar-refractivity contribution in [2.45, 2.75) is 13.0 Å². The Balaban J connectivity index is 1.96. The minimum absolute atomic E-state index is 0.0645. The first-order valence-corrected chi connectivity index (χ1v) is 7.10. The molecule has 0 saturated carbocycles. The second-order valence-corrected chi connectivity index (χ2v) is 5.22. The Bertz CT molecular complexity index is 731. The third-order valence-electron chi connectivity index (χ3n) is 3.71. The Labute approximate surface area is 131 Å². The number of rotatable bonds is 3. The molecule has 1 fully saturated rings. The largest absolute Gasteiger partial charge is 0.377 e. The van der Waals surface area contributed by atoms with Crippen LogP contribution in [0.15, 0.2) is 30.9 Å². The van der Waals surface area contributed by atoms with Crippen LogP contribution >= 0.6 is 0 Å². The van der Waals surface area contributed by atoms with Crippen molar-refractivity contribution in [1.29, 1.82) is 0 Å². The second-order valence-electron chi connectivity index (χ2n) is 5.22. The fraction of sp³-hybridized carbons (Fsp3) is 0.357. The maximum absolute atomic E-state index is 12.6. The topological polar surface area (TPSA) is 103 Å². The molecule has 1 aromatic heterocycles. The number of morpholine rings is 1. The summed E-state index contributed by atoms with van der Waals surface area (Å²) in [6.07, 6.45) is 2.66. The molecule has 1 aliphatic heterocycles. The highest BCUT2D eigenvalue weighted by atomic mass is 16.6. The molecule has 0 bridgehead atoms. The molecule has 0 spiro atoms. The number of ether oxygens (including phenoxy) is 1. The Hall–Kier alpha value is -2.81. The summed E-state index contributed by atoms with van der Waals surface area (Å²) in [5.74, 6) is -0.242. The molecule has 3 rings (SSSR count). The molecule has 9 heteroatoms. The number of benzene rings is 1. The Kier molecular flexibility index (Phi) is 4.02. The number of hydrogen-bond donors (Lipinski definition) is 0. The number of nitro benzene ring substituents is 1. The summed E-state index contributed by atoms with van der Waals surface area (Å²) < 4.78 is 6.60. The molecule has 9 nitrogen and oxygen atoms in total. The number of hydrogen-bond acceptors (Lipinski definition) is 6. The molecule has 0 N–H and O–H groups in total. The zero-order chi connectivity index (χ0) is 16.4. The first kappa shape index (κ1) is 15.1. The van der Waals surface area contributed by atoms with Gasteiger partial charge in [0.2, 0.25) is 0 Å². The SMILES string of the molecule is CC1COCCN1C(=O)c1ccc(-n2cncn2)c([N+](=O)[O-])c1. The van der Waals surface area contributed by atoms with E-state index < -0.39 is 4.92 Å². The highest BCUT2D eigenvalue weighted by Gasteiger charge is 2.27. The number of nitro groups is 1. The first-order valence-electron chi connectivity index (χ1n) is 7.10. The molecule has 0 aliphatic carbocycles. The van der Waals surface area contributed by atoms with Gasteiger partial charge in [0, 0.05) is 18.2 Å². The van der Waals surface area contributed by atoms with Crippen molar-refractivity contribution in [3.8, 4) is 5.69 Å². The third kappa shape index (κ3) is 2.90. The van der Waals surface area contributed by atoms with Gasteiger partial charge in [-0.05, 0) is 19.1 Å². The predicted octanol–water partition coefficient (Wildman–Crippen LogP) is 1.04. The van der Waals surface area contributed by atoms with Crippen LogP contribution in [-0.4, -0.2) is 56.3 Å². The number of carbonyl (C=O) groups is 1. The number of nitrogens with zero attached hydrogens (tertiary/aromatic N) is 5. The van der Waals surface area contributed by atoms with Crippen molar-refractivity contribution in [1.82, 2.24) is 19.7 Å². The van der Waals surface area contributed by atoms with Gasteiger partial charge in [-0.2, -0.15) is 5.10 Å². The van der Waals surface area contributed by atoms with E-state index in [0.717, 1.165) is 0 Å². The lowest BCUT2D eigenvalue weighted by Crippen LogP contribution is -2.47. The number of amides is 1. The lowest BCUT2D eigenvalue weighted by Gasteiger charge is -2.33. The average Bonchev–Trinajstić information content (AvgIpc) is 3.08. The summed E-state index contributed by atoms with van der Waals surface area (Å²) in [6.45, 7) is 3.29. The van der Waals surface area contributed by atoms with Crippen molar-refractivity contribution in [2.75, 3.05) is 19.8 Å². The predicted molar refractivity (Wildman–Crippen MR) is 79.3 cm³/mol. The van der Waals surface area contributed by atoms with E-state index in [4.69, 9.17) is 4.74 Å². The van der Waals surface area contributed by atoms with Gasteiger partial charge in [-0.3, -0.25) is 14.9 Å². The zero-order valence-corrected chi connectivity index (χ0v) is 12.5. The molecular formula is C14H15N5O4. The molecule has 1 atom stereocenters. The zero-order valence-electron chi connectivity index (χ0n) is 12.5. The summed E-state index contributed by atoms with van der Waals surface area (Å²) in [5, 5.41) is 15.2. The molecular weight excluding hydrogens is 302 g/mol. The van der Waals surface area contributed by atoms with E-state index in [0.29, 0.717) is 19.8 Å². The van der Waals surface area contributed by atoms with Crippen molar-refractivity contribution < 1.29 is 14.5 Å². The smallest absolute Gasteiger partial charge is 0.295 e. The molecule has 2 aromatic rings. The summed E-state index contributed by atoms with van der Waals surface area (Å²) >= 11 is 0. The molecule has 0 radical (unpaired) electrons. The van der Waals surface area contributed by atoms with Gasteiger partial charge >= 0.3 is 0 Å². The molecule has 1 unspecified atom stereocenters. The van der Waals surface area contributed by atoms with Crippen LogP contribution in [0, 0.1) is 10.1 Å². The summed E-state index contributed by atoms with van der Waals surface area (Å²) in [5.41, 5.74) is 0.343. The van der Waals surface area contributed by atoms with Crippen LogP contribution < -0.4 is 0 Å². The van der Waals surface area contributed by atoms with Crippen LogP contribution in [0.3, 0.4) is 0 Å². The fourth-order valence-electron chi connectivity index (χ4n) is 2.52. The van der Waals surface area contributed by atoms with Gasteiger partial charge in [0.15, 0.2) is 0 Å². The van der Waals surface area contributed by atoms with Crippen LogP contribution in [-0.2, 0) is 4.74 Å². The maximum Gasteiger partial charge on any atom is 0.295 e. The van der Waals surface area contributed by atoms with Crippen LogP contribution in [0.25, 0.3) is 5.69 Å². The van der Waals surface area contributed by atoms with Gasteiger partial charge in [0.25, 0.3) is 11.6 Å². The monoisotopic (exact) mass is 317 g/mol. The van der Waals surface area contributed by atoms with E-state index >= 15 is 0 Å². The third-order valence-corrected chi connectivity index (χ3v) is 3.71. The molecule has 23 heavy (non-hydrogen) atoms. The lowest BCUT2D eigenvalue weighted by molar-refractivity contribution is -0.384. The van der Waals surface area contributed by atoms with Crippen LogP contribution in [0.5, 0.6) is 0 Å². The van der Waals surface area contributed by atoms with E-state index in [-0.39, 0.29) is 28.9 Å². The van der Waals surface area contributed by atoms with Gasteiger partial charge in [0.05, 0.1) is 24.2 Å². The van der Waals surface area contributed by atoms with Gasteiger partial charge in [-0.15, -0.1) is 0 Å².